The molecule has 0 saturated heterocycles. The summed E-state index contributed by atoms with van der Waals surface area (Å²) in [5, 5.41) is 3.32. The quantitative estimate of drug-likeness (QED) is 0.943. The van der Waals surface area contributed by atoms with Crippen LogP contribution in [0.5, 0.6) is 0 Å². The van der Waals surface area contributed by atoms with Crippen molar-refractivity contribution in [3.8, 4) is 0 Å². The average molecular weight is 306 g/mol. The standard InChI is InChI=1S/C14H16BrN3/c1-10-4-3-5-18-14(10)13(16-2)7-11-6-12(15)9-17-8-11/h3-6,8-9,13,16H,7H2,1-2H3. The zero-order valence-electron chi connectivity index (χ0n) is 10.5. The molecule has 0 radical (unpaired) electrons. The third-order valence-corrected chi connectivity index (χ3v) is 3.36. The lowest BCUT2D eigenvalue weighted by Gasteiger charge is -2.17. The Hall–Kier alpha value is -1.26. The zero-order chi connectivity index (χ0) is 13.0. The highest BCUT2D eigenvalue weighted by molar-refractivity contribution is 9.10. The van der Waals surface area contributed by atoms with Crippen LogP contribution in [0.25, 0.3) is 0 Å². The van der Waals surface area contributed by atoms with Gasteiger partial charge in [-0.2, -0.15) is 0 Å². The van der Waals surface area contributed by atoms with Crippen molar-refractivity contribution in [3.63, 3.8) is 0 Å². The predicted molar refractivity (Wildman–Crippen MR) is 76.4 cm³/mol. The summed E-state index contributed by atoms with van der Waals surface area (Å²) >= 11 is 3.45. The van der Waals surface area contributed by atoms with E-state index in [1.54, 1.807) is 6.20 Å². The molecule has 0 spiro atoms. The molecule has 2 aromatic heterocycles. The first-order valence-electron chi connectivity index (χ1n) is 5.89. The fourth-order valence-corrected chi connectivity index (χ4v) is 2.41. The summed E-state index contributed by atoms with van der Waals surface area (Å²) < 4.78 is 1.01. The van der Waals surface area contributed by atoms with Gasteiger partial charge in [-0.1, -0.05) is 6.07 Å². The molecule has 1 atom stereocenters. The van der Waals surface area contributed by atoms with Gasteiger partial charge in [-0.3, -0.25) is 9.97 Å². The lowest BCUT2D eigenvalue weighted by Crippen LogP contribution is -2.21. The van der Waals surface area contributed by atoms with Gasteiger partial charge in [-0.15, -0.1) is 0 Å². The van der Waals surface area contributed by atoms with Gasteiger partial charge < -0.3 is 5.32 Å². The Bertz CT molecular complexity index is 528. The number of rotatable bonds is 4. The maximum Gasteiger partial charge on any atom is 0.0605 e. The highest BCUT2D eigenvalue weighted by Gasteiger charge is 2.13. The average Bonchev–Trinajstić information content (AvgIpc) is 2.37. The summed E-state index contributed by atoms with van der Waals surface area (Å²) in [6.45, 7) is 2.09. The van der Waals surface area contributed by atoms with Gasteiger partial charge in [0.2, 0.25) is 0 Å². The van der Waals surface area contributed by atoms with E-state index in [0.29, 0.717) is 0 Å². The molecule has 0 amide bonds. The van der Waals surface area contributed by atoms with E-state index < -0.39 is 0 Å². The molecule has 4 heteroatoms. The first kappa shape index (κ1) is 13.2. The molecule has 2 rings (SSSR count). The van der Waals surface area contributed by atoms with Gasteiger partial charge in [0, 0.05) is 23.1 Å². The van der Waals surface area contributed by atoms with Crippen LogP contribution in [0.15, 0.2) is 41.3 Å². The van der Waals surface area contributed by atoms with Crippen LogP contribution >= 0.6 is 15.9 Å². The molecule has 0 aliphatic carbocycles. The molecular weight excluding hydrogens is 290 g/mol. The highest BCUT2D eigenvalue weighted by atomic mass is 79.9. The first-order valence-corrected chi connectivity index (χ1v) is 6.68. The molecule has 0 saturated carbocycles. The maximum atomic E-state index is 4.47. The Labute approximate surface area is 116 Å². The van der Waals surface area contributed by atoms with E-state index in [4.69, 9.17) is 0 Å². The van der Waals surface area contributed by atoms with Crippen LogP contribution in [0.3, 0.4) is 0 Å². The number of hydrogen-bond acceptors (Lipinski definition) is 3. The molecule has 3 nitrogen and oxygen atoms in total. The number of aryl methyl sites for hydroxylation is 1. The van der Waals surface area contributed by atoms with Gasteiger partial charge in [-0.25, -0.2) is 0 Å². The van der Waals surface area contributed by atoms with Crippen LogP contribution in [0, 0.1) is 6.92 Å². The molecule has 1 N–H and O–H groups in total. The summed E-state index contributed by atoms with van der Waals surface area (Å²) in [6, 6.07) is 6.36. The van der Waals surface area contributed by atoms with E-state index in [-0.39, 0.29) is 6.04 Å². The second-order valence-corrected chi connectivity index (χ2v) is 5.18. The lowest BCUT2D eigenvalue weighted by molar-refractivity contribution is 0.571. The SMILES string of the molecule is CNC(Cc1cncc(Br)c1)c1ncccc1C. The lowest BCUT2D eigenvalue weighted by atomic mass is 10.0. The molecule has 1 unspecified atom stereocenters. The monoisotopic (exact) mass is 305 g/mol. The third kappa shape index (κ3) is 3.15. The van der Waals surface area contributed by atoms with Crippen LogP contribution in [0.4, 0.5) is 0 Å². The number of aromatic nitrogens is 2. The van der Waals surface area contributed by atoms with Crippen LogP contribution in [0.1, 0.15) is 22.9 Å². The summed E-state index contributed by atoms with van der Waals surface area (Å²) in [7, 11) is 1.96. The van der Waals surface area contributed by atoms with E-state index in [1.807, 2.05) is 25.5 Å². The maximum absolute atomic E-state index is 4.47. The van der Waals surface area contributed by atoms with Crippen LogP contribution in [-0.2, 0) is 6.42 Å². The number of nitrogens with one attached hydrogen (secondary N) is 1. The molecule has 2 aromatic rings. The Morgan fingerprint density at radius 3 is 2.89 bits per heavy atom. The molecule has 0 aromatic carbocycles. The molecule has 0 aliphatic rings. The summed E-state index contributed by atoms with van der Waals surface area (Å²) in [4.78, 5) is 8.67. The van der Waals surface area contributed by atoms with Gasteiger partial charge in [-0.05, 0) is 59.6 Å². The molecular formula is C14H16BrN3. The van der Waals surface area contributed by atoms with E-state index in [2.05, 4.69) is 50.3 Å². The van der Waals surface area contributed by atoms with Crippen molar-refractivity contribution in [1.29, 1.82) is 0 Å². The van der Waals surface area contributed by atoms with Crippen molar-refractivity contribution in [1.82, 2.24) is 15.3 Å². The summed E-state index contributed by atoms with van der Waals surface area (Å²) in [5.41, 5.74) is 3.49. The van der Waals surface area contributed by atoms with Gasteiger partial charge in [0.1, 0.15) is 0 Å². The summed E-state index contributed by atoms with van der Waals surface area (Å²) in [6.07, 6.45) is 6.41. The molecule has 18 heavy (non-hydrogen) atoms. The second-order valence-electron chi connectivity index (χ2n) is 4.26. The third-order valence-electron chi connectivity index (χ3n) is 2.93. The first-order chi connectivity index (χ1) is 8.70. The van der Waals surface area contributed by atoms with E-state index in [0.717, 1.165) is 16.6 Å². The second kappa shape index (κ2) is 6.07. The van der Waals surface area contributed by atoms with Gasteiger partial charge >= 0.3 is 0 Å². The highest BCUT2D eigenvalue weighted by Crippen LogP contribution is 2.20. The van der Waals surface area contributed by atoms with Gasteiger partial charge in [0.05, 0.1) is 11.7 Å². The minimum atomic E-state index is 0.210. The van der Waals surface area contributed by atoms with Gasteiger partial charge in [0.15, 0.2) is 0 Å². The Kier molecular flexibility index (Phi) is 4.44. The van der Waals surface area contributed by atoms with E-state index in [9.17, 15) is 0 Å². The van der Waals surface area contributed by atoms with Crippen molar-refractivity contribution in [3.05, 3.63) is 58.1 Å². The topological polar surface area (TPSA) is 37.8 Å². The number of pyridine rings is 2. The molecule has 94 valence electrons. The molecule has 0 bridgehead atoms. The van der Waals surface area contributed by atoms with E-state index in [1.165, 1.54) is 11.1 Å². The minimum absolute atomic E-state index is 0.210. The normalized spacial score (nSPS) is 12.4. The predicted octanol–water partition coefficient (Wildman–Crippen LogP) is 3.05. The fourth-order valence-electron chi connectivity index (χ4n) is 2.00. The molecule has 0 fully saturated rings. The van der Waals surface area contributed by atoms with Crippen molar-refractivity contribution in [2.45, 2.75) is 19.4 Å². The molecule has 2 heterocycles. The Morgan fingerprint density at radius 2 is 2.22 bits per heavy atom. The van der Waals surface area contributed by atoms with Crippen molar-refractivity contribution in [2.24, 2.45) is 0 Å². The Morgan fingerprint density at radius 1 is 1.39 bits per heavy atom. The Balaban J connectivity index is 2.23. The van der Waals surface area contributed by atoms with Crippen molar-refractivity contribution >= 4 is 15.9 Å². The summed E-state index contributed by atoms with van der Waals surface area (Å²) in [5.74, 6) is 0. The fraction of sp³-hybridized carbons (Fsp3) is 0.286. The van der Waals surface area contributed by atoms with Crippen molar-refractivity contribution < 1.29 is 0 Å². The number of nitrogens with zero attached hydrogens (tertiary/aromatic N) is 2. The number of hydrogen-bond donors (Lipinski definition) is 1. The minimum Gasteiger partial charge on any atom is -0.311 e. The van der Waals surface area contributed by atoms with Crippen LogP contribution in [-0.4, -0.2) is 17.0 Å². The zero-order valence-corrected chi connectivity index (χ0v) is 12.1. The van der Waals surface area contributed by atoms with E-state index >= 15 is 0 Å². The van der Waals surface area contributed by atoms with Gasteiger partial charge in [0.25, 0.3) is 0 Å². The number of halogens is 1. The van der Waals surface area contributed by atoms with Crippen LogP contribution in [0.2, 0.25) is 0 Å². The van der Waals surface area contributed by atoms with Crippen LogP contribution < -0.4 is 5.32 Å². The smallest absolute Gasteiger partial charge is 0.0605 e. The van der Waals surface area contributed by atoms with Crippen molar-refractivity contribution in [2.75, 3.05) is 7.05 Å². The molecule has 0 aliphatic heterocycles. The largest absolute Gasteiger partial charge is 0.311 e. The number of likely N-dealkylation sites (N-methyl/N-ethyl adjacent to an activating group) is 1.